The molecule has 1 aliphatic heterocycles. The molecule has 0 radical (unpaired) electrons. The molecule has 0 fully saturated rings. The van der Waals surface area contributed by atoms with E-state index in [9.17, 15) is 14.9 Å². The van der Waals surface area contributed by atoms with Crippen molar-refractivity contribution < 1.29 is 9.59 Å². The second-order valence-electron chi connectivity index (χ2n) is 10.2. The van der Waals surface area contributed by atoms with Crippen molar-refractivity contribution in [1.29, 1.82) is 5.26 Å². The normalized spacial score (nSPS) is 14.5. The maximum absolute atomic E-state index is 12.9. The van der Waals surface area contributed by atoms with Gasteiger partial charge in [0.1, 0.15) is 34.1 Å². The molecule has 0 saturated carbocycles. The third kappa shape index (κ3) is 4.96. The van der Waals surface area contributed by atoms with E-state index < -0.39 is 11.8 Å². The van der Waals surface area contributed by atoms with Crippen LogP contribution in [0.2, 0.25) is 0 Å². The van der Waals surface area contributed by atoms with Gasteiger partial charge in [0.15, 0.2) is 0 Å². The van der Waals surface area contributed by atoms with Crippen molar-refractivity contribution in [2.75, 3.05) is 11.9 Å². The molecule has 0 atom stereocenters. The van der Waals surface area contributed by atoms with Crippen LogP contribution >= 0.6 is 11.7 Å². The molecule has 1 aliphatic rings. The number of aliphatic imine (C=N–C) groups is 1. The van der Waals surface area contributed by atoms with Gasteiger partial charge in [0.2, 0.25) is 0 Å². The fourth-order valence-electron chi connectivity index (χ4n) is 4.90. The Balaban J connectivity index is 1.40. The van der Waals surface area contributed by atoms with E-state index in [2.05, 4.69) is 86.0 Å². The molecular formula is C33H25N7O2S. The van der Waals surface area contributed by atoms with Gasteiger partial charge in [-0.2, -0.15) is 14.0 Å². The number of nitrogens with zero attached hydrogens (tertiary/aromatic N) is 7. The zero-order valence-electron chi connectivity index (χ0n) is 23.9. The van der Waals surface area contributed by atoms with Gasteiger partial charge in [-0.05, 0) is 57.2 Å². The fraction of sp³-hybridized carbons (Fsp3) is 0.121. The molecule has 0 saturated heterocycles. The van der Waals surface area contributed by atoms with E-state index in [0.717, 1.165) is 39.3 Å². The Kier molecular flexibility index (Phi) is 7.09. The Labute approximate surface area is 252 Å². The number of fused-ring (bicyclic) bond motifs is 1. The summed E-state index contributed by atoms with van der Waals surface area (Å²) in [5, 5.41) is 9.47. The number of hydrogen-bond donors (Lipinski definition) is 0. The molecule has 210 valence electrons. The highest BCUT2D eigenvalue weighted by atomic mass is 32.1. The SMILES string of the molecule is CC1=C(C#N)C(=O)N(C)C(=O)C1=Nc1cnc(-c2ccc(N(c3ccc(C)cc3)c3ccc(C)cc3)cc2)c2nsnc12. The van der Waals surface area contributed by atoms with Crippen molar-refractivity contribution in [1.82, 2.24) is 18.6 Å². The topological polar surface area (TPSA) is 115 Å². The van der Waals surface area contributed by atoms with Gasteiger partial charge in [-0.3, -0.25) is 19.5 Å². The lowest BCUT2D eigenvalue weighted by Gasteiger charge is -2.26. The summed E-state index contributed by atoms with van der Waals surface area (Å²) >= 11 is 1.02. The van der Waals surface area contributed by atoms with E-state index in [1.165, 1.54) is 31.3 Å². The molecule has 3 aromatic carbocycles. The summed E-state index contributed by atoms with van der Waals surface area (Å²) in [7, 11) is 1.33. The lowest BCUT2D eigenvalue weighted by atomic mass is 9.99. The average Bonchev–Trinajstić information content (AvgIpc) is 3.52. The van der Waals surface area contributed by atoms with Crippen LogP contribution < -0.4 is 4.90 Å². The molecule has 0 unspecified atom stereocenters. The van der Waals surface area contributed by atoms with Crippen molar-refractivity contribution in [2.45, 2.75) is 20.8 Å². The number of imide groups is 1. The van der Waals surface area contributed by atoms with Crippen molar-refractivity contribution >= 4 is 63.0 Å². The van der Waals surface area contributed by atoms with Crippen LogP contribution in [0.5, 0.6) is 0 Å². The fourth-order valence-corrected chi connectivity index (χ4v) is 5.46. The van der Waals surface area contributed by atoms with Crippen molar-refractivity contribution in [3.63, 3.8) is 0 Å². The Hall–Kier alpha value is -5.53. The number of benzene rings is 3. The van der Waals surface area contributed by atoms with Gasteiger partial charge in [-0.1, -0.05) is 47.5 Å². The third-order valence-corrected chi connectivity index (χ3v) is 7.88. The lowest BCUT2D eigenvalue weighted by molar-refractivity contribution is -0.136. The Morgan fingerprint density at radius 3 is 1.88 bits per heavy atom. The van der Waals surface area contributed by atoms with Gasteiger partial charge in [-0.15, -0.1) is 0 Å². The molecule has 5 aromatic rings. The molecule has 2 amide bonds. The minimum Gasteiger partial charge on any atom is -0.311 e. The summed E-state index contributed by atoms with van der Waals surface area (Å²) < 4.78 is 8.92. The van der Waals surface area contributed by atoms with Gasteiger partial charge in [0, 0.05) is 35.2 Å². The molecule has 2 aromatic heterocycles. The largest absolute Gasteiger partial charge is 0.311 e. The second-order valence-corrected chi connectivity index (χ2v) is 10.8. The number of carbonyl (C=O) groups is 2. The van der Waals surface area contributed by atoms with Crippen molar-refractivity contribution in [3.8, 4) is 17.3 Å². The average molecular weight is 584 g/mol. The number of aromatic nitrogens is 3. The molecule has 0 N–H and O–H groups in total. The number of pyridine rings is 1. The van der Waals surface area contributed by atoms with Crippen LogP contribution in [0.15, 0.2) is 95.1 Å². The summed E-state index contributed by atoms with van der Waals surface area (Å²) in [6.07, 6.45) is 1.54. The van der Waals surface area contributed by atoms with Gasteiger partial charge >= 0.3 is 0 Å². The summed E-state index contributed by atoms with van der Waals surface area (Å²) in [5.41, 5.74) is 8.37. The van der Waals surface area contributed by atoms with Gasteiger partial charge in [-0.25, -0.2) is 4.99 Å². The number of nitriles is 1. The summed E-state index contributed by atoms with van der Waals surface area (Å²) in [4.78, 5) is 37.5. The van der Waals surface area contributed by atoms with Gasteiger partial charge < -0.3 is 4.90 Å². The first-order valence-electron chi connectivity index (χ1n) is 13.4. The zero-order chi connectivity index (χ0) is 30.2. The molecule has 0 spiro atoms. The predicted molar refractivity (Wildman–Crippen MR) is 168 cm³/mol. The quantitative estimate of drug-likeness (QED) is 0.210. The van der Waals surface area contributed by atoms with E-state index >= 15 is 0 Å². The number of rotatable bonds is 5. The Bertz CT molecular complexity index is 1960. The first-order chi connectivity index (χ1) is 20.8. The number of hydrogen-bond acceptors (Lipinski definition) is 9. The third-order valence-electron chi connectivity index (χ3n) is 7.35. The van der Waals surface area contributed by atoms with Crippen LogP contribution in [0, 0.1) is 25.2 Å². The zero-order valence-corrected chi connectivity index (χ0v) is 24.7. The molecule has 3 heterocycles. The number of aryl methyl sites for hydroxylation is 2. The molecule has 43 heavy (non-hydrogen) atoms. The summed E-state index contributed by atoms with van der Waals surface area (Å²) in [6, 6.07) is 26.8. The Morgan fingerprint density at radius 2 is 1.33 bits per heavy atom. The highest BCUT2D eigenvalue weighted by molar-refractivity contribution is 7.00. The number of carbonyl (C=O) groups excluding carboxylic acids is 2. The number of amides is 2. The van der Waals surface area contributed by atoms with Gasteiger partial charge in [0.05, 0.1) is 23.6 Å². The second kappa shape index (κ2) is 11.0. The standard InChI is InChI=1S/C33H25N7O2S/c1-19-5-11-23(12-6-19)40(24-13-7-20(2)8-14-24)25-15-9-22(10-16-25)29-31-30(37-43-38-31)27(18-35-29)36-28-21(3)26(17-34)32(41)39(4)33(28)42/h5-16,18H,1-4H3. The van der Waals surface area contributed by atoms with Crippen LogP contribution in [-0.4, -0.2) is 43.2 Å². The maximum Gasteiger partial charge on any atom is 0.279 e. The van der Waals surface area contributed by atoms with E-state index in [1.807, 2.05) is 30.3 Å². The molecule has 0 bridgehead atoms. The van der Waals surface area contributed by atoms with E-state index in [-0.39, 0.29) is 16.9 Å². The molecule has 6 rings (SSSR count). The summed E-state index contributed by atoms with van der Waals surface area (Å²) in [6.45, 7) is 5.68. The van der Waals surface area contributed by atoms with Crippen molar-refractivity contribution in [3.05, 3.63) is 101 Å². The van der Waals surface area contributed by atoms with Crippen molar-refractivity contribution in [2.24, 2.45) is 4.99 Å². The van der Waals surface area contributed by atoms with E-state index in [0.29, 0.717) is 22.4 Å². The number of likely N-dealkylation sites (N-methyl/N-ethyl adjacent to an activating group) is 1. The van der Waals surface area contributed by atoms with Crippen LogP contribution in [-0.2, 0) is 9.59 Å². The highest BCUT2D eigenvalue weighted by Crippen LogP contribution is 2.37. The minimum absolute atomic E-state index is 0.000782. The highest BCUT2D eigenvalue weighted by Gasteiger charge is 2.34. The molecule has 0 aliphatic carbocycles. The van der Waals surface area contributed by atoms with Crippen LogP contribution in [0.25, 0.3) is 22.3 Å². The Morgan fingerprint density at radius 1 is 0.791 bits per heavy atom. The van der Waals surface area contributed by atoms with Gasteiger partial charge in [0.25, 0.3) is 11.8 Å². The van der Waals surface area contributed by atoms with Crippen LogP contribution in [0.4, 0.5) is 22.7 Å². The summed E-state index contributed by atoms with van der Waals surface area (Å²) in [5.74, 6) is -1.24. The monoisotopic (exact) mass is 583 g/mol. The molecule has 10 heteroatoms. The first kappa shape index (κ1) is 27.6. The van der Waals surface area contributed by atoms with E-state index in [1.54, 1.807) is 0 Å². The van der Waals surface area contributed by atoms with E-state index in [4.69, 9.17) is 0 Å². The lowest BCUT2D eigenvalue weighted by Crippen LogP contribution is -2.44. The smallest absolute Gasteiger partial charge is 0.279 e. The van der Waals surface area contributed by atoms with Crippen LogP contribution in [0.3, 0.4) is 0 Å². The minimum atomic E-state index is -0.648. The molecule has 9 nitrogen and oxygen atoms in total. The molecular weight excluding hydrogens is 558 g/mol. The predicted octanol–water partition coefficient (Wildman–Crippen LogP) is 6.75. The first-order valence-corrected chi connectivity index (χ1v) is 14.2. The van der Waals surface area contributed by atoms with Crippen LogP contribution in [0.1, 0.15) is 18.1 Å². The maximum atomic E-state index is 12.9. The number of anilines is 3.